The maximum absolute atomic E-state index is 13.4. The van der Waals surface area contributed by atoms with Gasteiger partial charge in [0.25, 0.3) is 0 Å². The molecule has 0 radical (unpaired) electrons. The summed E-state index contributed by atoms with van der Waals surface area (Å²) < 4.78 is 0. The van der Waals surface area contributed by atoms with Gasteiger partial charge in [0, 0.05) is 6.42 Å². The van der Waals surface area contributed by atoms with Crippen molar-refractivity contribution in [3.05, 3.63) is 71.8 Å². The summed E-state index contributed by atoms with van der Waals surface area (Å²) in [6, 6.07) is 14.5. The van der Waals surface area contributed by atoms with Crippen molar-refractivity contribution in [2.24, 2.45) is 17.4 Å². The molecule has 4 atom stereocenters. The van der Waals surface area contributed by atoms with Crippen molar-refractivity contribution >= 4 is 23.7 Å². The molecule has 212 valence electrons. The first-order chi connectivity index (χ1) is 18.6. The molecule has 10 heteroatoms. The minimum atomic E-state index is -1.16. The number of carbonyl (C=O) groups is 4. The highest BCUT2D eigenvalue weighted by molar-refractivity contribution is 5.94. The Labute approximate surface area is 229 Å². The molecule has 0 aliphatic heterocycles. The summed E-state index contributed by atoms with van der Waals surface area (Å²) in [4.78, 5) is 51.2. The van der Waals surface area contributed by atoms with Crippen molar-refractivity contribution in [2.45, 2.75) is 70.1 Å². The molecule has 0 fully saturated rings. The van der Waals surface area contributed by atoms with Crippen molar-refractivity contribution in [1.29, 1.82) is 0 Å². The Balaban J connectivity index is 2.16. The second-order valence-corrected chi connectivity index (χ2v) is 9.96. The van der Waals surface area contributed by atoms with Crippen LogP contribution in [0.4, 0.5) is 0 Å². The van der Waals surface area contributed by atoms with Gasteiger partial charge in [-0.1, -0.05) is 74.5 Å². The topological polar surface area (TPSA) is 177 Å². The predicted octanol–water partition coefficient (Wildman–Crippen LogP) is 1.12. The number of rotatable bonds is 16. The monoisotopic (exact) mass is 539 g/mol. The third kappa shape index (κ3) is 10.9. The van der Waals surface area contributed by atoms with E-state index in [1.54, 1.807) is 13.8 Å². The fourth-order valence-electron chi connectivity index (χ4n) is 4.10. The number of carboxylic acid groups (broad SMARTS) is 1. The first kappa shape index (κ1) is 31.5. The minimum absolute atomic E-state index is 0.180. The Morgan fingerprint density at radius 1 is 0.744 bits per heavy atom. The fraction of sp³-hybridized carbons (Fsp3) is 0.448. The molecule has 0 aromatic heterocycles. The van der Waals surface area contributed by atoms with Crippen molar-refractivity contribution in [3.63, 3.8) is 0 Å². The second-order valence-electron chi connectivity index (χ2n) is 9.96. The van der Waals surface area contributed by atoms with E-state index in [4.69, 9.17) is 11.5 Å². The normalized spacial score (nSPS) is 14.1. The average molecular weight is 540 g/mol. The van der Waals surface area contributed by atoms with Gasteiger partial charge in [0.15, 0.2) is 0 Å². The van der Waals surface area contributed by atoms with E-state index < -0.39 is 47.9 Å². The van der Waals surface area contributed by atoms with Gasteiger partial charge >= 0.3 is 5.97 Å². The molecule has 2 rings (SSSR count). The first-order valence-electron chi connectivity index (χ1n) is 13.3. The van der Waals surface area contributed by atoms with Gasteiger partial charge in [-0.2, -0.15) is 0 Å². The highest BCUT2D eigenvalue weighted by Gasteiger charge is 2.32. The number of nitrogens with one attached hydrogen (secondary N) is 3. The van der Waals surface area contributed by atoms with E-state index in [-0.39, 0.29) is 18.8 Å². The van der Waals surface area contributed by atoms with Crippen LogP contribution in [0.1, 0.15) is 44.2 Å². The zero-order valence-corrected chi connectivity index (χ0v) is 22.6. The van der Waals surface area contributed by atoms with E-state index in [0.717, 1.165) is 11.1 Å². The highest BCUT2D eigenvalue weighted by Crippen LogP contribution is 2.09. The quantitative estimate of drug-likeness (QED) is 0.173. The number of carbonyl (C=O) groups excluding carboxylic acids is 3. The first-order valence-corrected chi connectivity index (χ1v) is 13.3. The minimum Gasteiger partial charge on any atom is -0.480 e. The Morgan fingerprint density at radius 3 is 1.79 bits per heavy atom. The molecule has 10 nitrogen and oxygen atoms in total. The lowest BCUT2D eigenvalue weighted by molar-refractivity contribution is -0.142. The third-order valence-electron chi connectivity index (χ3n) is 6.36. The smallest absolute Gasteiger partial charge is 0.326 e. The van der Waals surface area contributed by atoms with E-state index in [2.05, 4.69) is 16.0 Å². The van der Waals surface area contributed by atoms with Gasteiger partial charge in [-0.05, 0) is 49.3 Å². The van der Waals surface area contributed by atoms with Crippen molar-refractivity contribution in [1.82, 2.24) is 16.0 Å². The molecule has 0 bridgehead atoms. The molecular weight excluding hydrogens is 498 g/mol. The van der Waals surface area contributed by atoms with Gasteiger partial charge in [0.1, 0.15) is 18.1 Å². The number of amides is 3. The number of benzene rings is 2. The van der Waals surface area contributed by atoms with E-state index >= 15 is 0 Å². The van der Waals surface area contributed by atoms with Crippen LogP contribution in [0.2, 0.25) is 0 Å². The molecule has 4 unspecified atom stereocenters. The standard InChI is InChI=1S/C29H41N5O5/c1-19(2)25(28(37)32-23(29(38)39)15-9-10-16-30)34-27(36)24(18-21-13-7-4-8-14-21)33-26(35)22(31)17-20-11-5-3-6-12-20/h3-8,11-14,19,22-25H,9-10,15-18,30-31H2,1-2H3,(H,32,37)(H,33,35)(H,34,36)(H,38,39). The van der Waals surface area contributed by atoms with E-state index in [1.165, 1.54) is 0 Å². The number of unbranched alkanes of at least 4 members (excludes halogenated alkanes) is 1. The summed E-state index contributed by atoms with van der Waals surface area (Å²) >= 11 is 0. The molecule has 0 spiro atoms. The summed E-state index contributed by atoms with van der Waals surface area (Å²) in [6.45, 7) is 3.92. The molecule has 2 aromatic rings. The van der Waals surface area contributed by atoms with E-state index in [0.29, 0.717) is 25.8 Å². The molecule has 0 heterocycles. The number of carboxylic acids is 1. The van der Waals surface area contributed by atoms with Gasteiger partial charge in [-0.3, -0.25) is 14.4 Å². The summed E-state index contributed by atoms with van der Waals surface area (Å²) in [6.07, 6.45) is 1.88. The summed E-state index contributed by atoms with van der Waals surface area (Å²) in [7, 11) is 0. The summed E-state index contributed by atoms with van der Waals surface area (Å²) in [5, 5.41) is 17.5. The van der Waals surface area contributed by atoms with Gasteiger partial charge in [-0.15, -0.1) is 0 Å². The van der Waals surface area contributed by atoms with E-state index in [1.807, 2.05) is 60.7 Å². The SMILES string of the molecule is CC(C)C(NC(=O)C(Cc1ccccc1)NC(=O)C(N)Cc1ccccc1)C(=O)NC(CCCCN)C(=O)O. The number of nitrogens with two attached hydrogens (primary N) is 2. The number of aliphatic carboxylic acids is 1. The highest BCUT2D eigenvalue weighted by atomic mass is 16.4. The van der Waals surface area contributed by atoms with Crippen LogP contribution in [0.3, 0.4) is 0 Å². The van der Waals surface area contributed by atoms with E-state index in [9.17, 15) is 24.3 Å². The average Bonchev–Trinajstić information content (AvgIpc) is 2.91. The lowest BCUT2D eigenvalue weighted by atomic mass is 9.99. The molecule has 0 saturated heterocycles. The lowest BCUT2D eigenvalue weighted by Gasteiger charge is -2.27. The predicted molar refractivity (Wildman–Crippen MR) is 149 cm³/mol. The third-order valence-corrected chi connectivity index (χ3v) is 6.36. The number of hydrogen-bond donors (Lipinski definition) is 6. The molecule has 0 aliphatic carbocycles. The van der Waals surface area contributed by atoms with Crippen LogP contribution in [0.5, 0.6) is 0 Å². The van der Waals surface area contributed by atoms with Crippen molar-refractivity contribution < 1.29 is 24.3 Å². The fourth-order valence-corrected chi connectivity index (χ4v) is 4.10. The van der Waals surface area contributed by atoms with Crippen LogP contribution in [0, 0.1) is 5.92 Å². The summed E-state index contributed by atoms with van der Waals surface area (Å²) in [5.74, 6) is -3.17. The summed E-state index contributed by atoms with van der Waals surface area (Å²) in [5.41, 5.74) is 13.3. The number of hydrogen-bond acceptors (Lipinski definition) is 6. The largest absolute Gasteiger partial charge is 0.480 e. The molecule has 0 aliphatic rings. The van der Waals surface area contributed by atoms with Crippen LogP contribution in [0.15, 0.2) is 60.7 Å². The molecule has 2 aromatic carbocycles. The van der Waals surface area contributed by atoms with Gasteiger partial charge in [0.2, 0.25) is 17.7 Å². The van der Waals surface area contributed by atoms with Crippen molar-refractivity contribution in [3.8, 4) is 0 Å². The van der Waals surface area contributed by atoms with Crippen LogP contribution in [-0.4, -0.2) is 59.5 Å². The zero-order chi connectivity index (χ0) is 28.8. The van der Waals surface area contributed by atoms with Gasteiger partial charge in [0.05, 0.1) is 6.04 Å². The molecule has 39 heavy (non-hydrogen) atoms. The zero-order valence-electron chi connectivity index (χ0n) is 22.6. The Hall–Kier alpha value is -3.76. The van der Waals surface area contributed by atoms with Crippen LogP contribution in [0.25, 0.3) is 0 Å². The van der Waals surface area contributed by atoms with Crippen LogP contribution in [-0.2, 0) is 32.0 Å². The Kier molecular flexibility index (Phi) is 13.1. The van der Waals surface area contributed by atoms with Crippen molar-refractivity contribution in [2.75, 3.05) is 6.54 Å². The second kappa shape index (κ2) is 16.3. The maximum atomic E-state index is 13.4. The maximum Gasteiger partial charge on any atom is 0.326 e. The Bertz CT molecular complexity index is 1060. The van der Waals surface area contributed by atoms with Gasteiger partial charge in [-0.25, -0.2) is 4.79 Å². The molecule has 8 N–H and O–H groups in total. The van der Waals surface area contributed by atoms with Crippen LogP contribution >= 0.6 is 0 Å². The van der Waals surface area contributed by atoms with Crippen LogP contribution < -0.4 is 27.4 Å². The Morgan fingerprint density at radius 2 is 1.28 bits per heavy atom. The van der Waals surface area contributed by atoms with Gasteiger partial charge < -0.3 is 32.5 Å². The lowest BCUT2D eigenvalue weighted by Crippen LogP contribution is -2.59. The molecule has 3 amide bonds. The molecular formula is C29H41N5O5. The molecule has 0 saturated carbocycles.